The second kappa shape index (κ2) is 8.86. The van der Waals surface area contributed by atoms with Crippen molar-refractivity contribution in [3.63, 3.8) is 0 Å². The first kappa shape index (κ1) is 22.8. The standard InChI is InChI=1S/C29H30O4/c1-5-9-26(30)32-23-16-17-24-25(18-23)29(4,19-28(24,2)3)21-12-14-22(15-13-21)33-27(31)20-10-7-6-8-11-20/h6-8,10-18H,5,9,19H2,1-4H3/t29-/m1/s1. The van der Waals surface area contributed by atoms with Crippen LogP contribution in [0.4, 0.5) is 0 Å². The van der Waals surface area contributed by atoms with Gasteiger partial charge in [-0.1, -0.05) is 64.1 Å². The van der Waals surface area contributed by atoms with Crippen LogP contribution in [0.5, 0.6) is 11.5 Å². The van der Waals surface area contributed by atoms with Crippen LogP contribution in [-0.2, 0) is 15.6 Å². The lowest BCUT2D eigenvalue weighted by atomic mass is 9.75. The maximum atomic E-state index is 12.4. The summed E-state index contributed by atoms with van der Waals surface area (Å²) >= 11 is 0. The summed E-state index contributed by atoms with van der Waals surface area (Å²) in [5, 5.41) is 0. The van der Waals surface area contributed by atoms with E-state index in [0.29, 0.717) is 23.5 Å². The van der Waals surface area contributed by atoms with Gasteiger partial charge in [0.05, 0.1) is 5.56 Å². The van der Waals surface area contributed by atoms with Crippen LogP contribution in [0.25, 0.3) is 0 Å². The van der Waals surface area contributed by atoms with E-state index in [1.165, 1.54) is 11.1 Å². The molecule has 0 bridgehead atoms. The van der Waals surface area contributed by atoms with E-state index in [0.717, 1.165) is 18.4 Å². The zero-order valence-electron chi connectivity index (χ0n) is 19.7. The molecule has 4 heteroatoms. The van der Waals surface area contributed by atoms with E-state index in [2.05, 4.69) is 26.8 Å². The van der Waals surface area contributed by atoms with E-state index in [1.807, 2.05) is 61.5 Å². The molecule has 3 aromatic rings. The average molecular weight is 443 g/mol. The highest BCUT2D eigenvalue weighted by molar-refractivity contribution is 5.90. The first-order valence-electron chi connectivity index (χ1n) is 11.5. The Balaban J connectivity index is 1.61. The van der Waals surface area contributed by atoms with Crippen molar-refractivity contribution in [2.45, 2.75) is 57.8 Å². The van der Waals surface area contributed by atoms with E-state index >= 15 is 0 Å². The highest BCUT2D eigenvalue weighted by Crippen LogP contribution is 2.53. The lowest BCUT2D eigenvalue weighted by Crippen LogP contribution is -2.23. The molecule has 1 atom stereocenters. The fraction of sp³-hybridized carbons (Fsp3) is 0.310. The Morgan fingerprint density at radius 1 is 0.818 bits per heavy atom. The molecule has 0 fully saturated rings. The van der Waals surface area contributed by atoms with Crippen LogP contribution in [-0.4, -0.2) is 11.9 Å². The molecule has 0 aromatic heterocycles. The number of benzene rings is 3. The molecule has 0 amide bonds. The normalized spacial score (nSPS) is 18.4. The Morgan fingerprint density at radius 2 is 1.48 bits per heavy atom. The Kier molecular flexibility index (Phi) is 6.11. The molecule has 1 aliphatic carbocycles. The van der Waals surface area contributed by atoms with Gasteiger partial charge in [-0.25, -0.2) is 4.79 Å². The van der Waals surface area contributed by atoms with Crippen molar-refractivity contribution in [1.82, 2.24) is 0 Å². The number of fused-ring (bicyclic) bond motifs is 1. The summed E-state index contributed by atoms with van der Waals surface area (Å²) in [6.45, 7) is 8.68. The smallest absolute Gasteiger partial charge is 0.343 e. The molecular weight excluding hydrogens is 412 g/mol. The summed E-state index contributed by atoms with van der Waals surface area (Å²) in [6, 6.07) is 22.7. The number of carbonyl (C=O) groups is 2. The molecule has 0 unspecified atom stereocenters. The van der Waals surface area contributed by atoms with Crippen LogP contribution in [0.3, 0.4) is 0 Å². The van der Waals surface area contributed by atoms with Crippen LogP contribution < -0.4 is 9.47 Å². The van der Waals surface area contributed by atoms with Gasteiger partial charge in [-0.3, -0.25) is 4.79 Å². The van der Waals surface area contributed by atoms with Gasteiger partial charge in [-0.05, 0) is 71.3 Å². The van der Waals surface area contributed by atoms with Crippen LogP contribution in [0.1, 0.15) is 74.0 Å². The molecule has 33 heavy (non-hydrogen) atoms. The maximum absolute atomic E-state index is 12.4. The molecule has 0 aliphatic heterocycles. The van der Waals surface area contributed by atoms with Gasteiger partial charge in [0.15, 0.2) is 0 Å². The Labute approximate surface area is 195 Å². The van der Waals surface area contributed by atoms with Gasteiger partial charge in [0.2, 0.25) is 0 Å². The van der Waals surface area contributed by atoms with Gasteiger partial charge in [-0.15, -0.1) is 0 Å². The largest absolute Gasteiger partial charge is 0.427 e. The SMILES string of the molecule is CCCC(=O)Oc1ccc2c(c1)[C@@](C)(c1ccc(OC(=O)c3ccccc3)cc1)CC2(C)C. The Morgan fingerprint density at radius 3 is 2.15 bits per heavy atom. The van der Waals surface area contributed by atoms with Crippen molar-refractivity contribution < 1.29 is 19.1 Å². The molecule has 0 saturated heterocycles. The third-order valence-electron chi connectivity index (χ3n) is 6.51. The molecule has 0 saturated carbocycles. The van der Waals surface area contributed by atoms with Gasteiger partial charge >= 0.3 is 11.9 Å². The summed E-state index contributed by atoms with van der Waals surface area (Å²) < 4.78 is 11.1. The predicted molar refractivity (Wildman–Crippen MR) is 129 cm³/mol. The minimum Gasteiger partial charge on any atom is -0.427 e. The van der Waals surface area contributed by atoms with Gasteiger partial charge in [-0.2, -0.15) is 0 Å². The molecular formula is C29H30O4. The molecule has 3 aromatic carbocycles. The summed E-state index contributed by atoms with van der Waals surface area (Å²) in [5.41, 5.74) is 3.81. The Bertz CT molecular complexity index is 1160. The lowest BCUT2D eigenvalue weighted by molar-refractivity contribution is -0.134. The van der Waals surface area contributed by atoms with Crippen molar-refractivity contribution >= 4 is 11.9 Å². The van der Waals surface area contributed by atoms with Crippen molar-refractivity contribution in [2.24, 2.45) is 0 Å². The number of carbonyl (C=O) groups excluding carboxylic acids is 2. The first-order valence-corrected chi connectivity index (χ1v) is 11.5. The zero-order chi connectivity index (χ0) is 23.6. The zero-order valence-corrected chi connectivity index (χ0v) is 19.7. The van der Waals surface area contributed by atoms with Crippen molar-refractivity contribution in [3.05, 3.63) is 95.1 Å². The van der Waals surface area contributed by atoms with Gasteiger partial charge < -0.3 is 9.47 Å². The van der Waals surface area contributed by atoms with Crippen LogP contribution >= 0.6 is 0 Å². The lowest BCUT2D eigenvalue weighted by Gasteiger charge is -2.28. The number of hydrogen-bond donors (Lipinski definition) is 0. The second-order valence-corrected chi connectivity index (χ2v) is 9.60. The molecule has 0 N–H and O–H groups in total. The van der Waals surface area contributed by atoms with E-state index in [4.69, 9.17) is 9.47 Å². The first-order chi connectivity index (χ1) is 15.7. The van der Waals surface area contributed by atoms with Gasteiger partial charge in [0.1, 0.15) is 11.5 Å². The summed E-state index contributed by atoms with van der Waals surface area (Å²) in [5.74, 6) is 0.516. The van der Waals surface area contributed by atoms with Crippen LogP contribution in [0.2, 0.25) is 0 Å². The topological polar surface area (TPSA) is 52.6 Å². The number of rotatable bonds is 6. The number of hydrogen-bond acceptors (Lipinski definition) is 4. The fourth-order valence-corrected chi connectivity index (χ4v) is 4.98. The molecule has 4 nitrogen and oxygen atoms in total. The minimum atomic E-state index is -0.375. The highest BCUT2D eigenvalue weighted by Gasteiger charge is 2.46. The number of esters is 2. The van der Waals surface area contributed by atoms with E-state index in [9.17, 15) is 9.59 Å². The maximum Gasteiger partial charge on any atom is 0.343 e. The fourth-order valence-electron chi connectivity index (χ4n) is 4.98. The van der Waals surface area contributed by atoms with Crippen molar-refractivity contribution in [1.29, 1.82) is 0 Å². The predicted octanol–water partition coefficient (Wildman–Crippen LogP) is 6.60. The highest BCUT2D eigenvalue weighted by atomic mass is 16.5. The molecule has 0 radical (unpaired) electrons. The summed E-state index contributed by atoms with van der Waals surface area (Å²) in [7, 11) is 0. The molecule has 4 rings (SSSR count). The molecule has 170 valence electrons. The van der Waals surface area contributed by atoms with E-state index in [1.54, 1.807) is 12.1 Å². The van der Waals surface area contributed by atoms with Crippen molar-refractivity contribution in [3.8, 4) is 11.5 Å². The van der Waals surface area contributed by atoms with Gasteiger partial charge in [0, 0.05) is 11.8 Å². The second-order valence-electron chi connectivity index (χ2n) is 9.60. The van der Waals surface area contributed by atoms with Crippen LogP contribution in [0.15, 0.2) is 72.8 Å². The van der Waals surface area contributed by atoms with Crippen molar-refractivity contribution in [2.75, 3.05) is 0 Å². The third kappa shape index (κ3) is 4.56. The van der Waals surface area contributed by atoms with Gasteiger partial charge in [0.25, 0.3) is 0 Å². The average Bonchev–Trinajstić information content (AvgIpc) is 3.00. The minimum absolute atomic E-state index is 0.0194. The van der Waals surface area contributed by atoms with E-state index in [-0.39, 0.29) is 22.8 Å². The third-order valence-corrected chi connectivity index (χ3v) is 6.51. The number of ether oxygens (including phenoxy) is 2. The summed E-state index contributed by atoms with van der Waals surface area (Å²) in [4.78, 5) is 24.4. The Hall–Kier alpha value is -3.40. The summed E-state index contributed by atoms with van der Waals surface area (Å²) in [6.07, 6.45) is 2.09. The molecule has 0 spiro atoms. The molecule has 1 aliphatic rings. The van der Waals surface area contributed by atoms with E-state index < -0.39 is 0 Å². The molecule has 0 heterocycles. The quantitative estimate of drug-likeness (QED) is 0.319. The monoisotopic (exact) mass is 442 g/mol. The van der Waals surface area contributed by atoms with Crippen LogP contribution in [0, 0.1) is 0 Å².